The Morgan fingerprint density at radius 2 is 1.57 bits per heavy atom. The quantitative estimate of drug-likeness (QED) is 0.536. The number of imide groups is 2. The number of hydrogen-bond donors (Lipinski definition) is 1. The van der Waals surface area contributed by atoms with Gasteiger partial charge >= 0.3 is 6.03 Å². The van der Waals surface area contributed by atoms with E-state index in [1.807, 2.05) is 48.0 Å². The van der Waals surface area contributed by atoms with Crippen LogP contribution >= 0.6 is 0 Å². The Kier molecular flexibility index (Phi) is 4.93. The van der Waals surface area contributed by atoms with Crippen LogP contribution in [-0.2, 0) is 9.59 Å². The second kappa shape index (κ2) is 7.71. The molecule has 0 bridgehead atoms. The highest BCUT2D eigenvalue weighted by atomic mass is 16.5. The molecule has 1 fully saturated rings. The zero-order valence-electron chi connectivity index (χ0n) is 16.5. The van der Waals surface area contributed by atoms with Crippen LogP contribution in [0.15, 0.2) is 72.4 Å². The number of urea groups is 1. The van der Waals surface area contributed by atoms with Crippen LogP contribution in [0.2, 0.25) is 0 Å². The topological polar surface area (TPSA) is 80.6 Å². The van der Waals surface area contributed by atoms with E-state index < -0.39 is 17.8 Å². The van der Waals surface area contributed by atoms with Gasteiger partial charge in [0.25, 0.3) is 11.8 Å². The number of benzene rings is 2. The standard InChI is InChI=1S/C23H19N3O4/c1-15-5-7-17(8-6-15)26-22(28)20(21(27)24-23(26)29)14-18-4-3-13-25(18)16-9-11-19(30-2)12-10-16/h3-14H,1-2H3,(H,24,27,29). The first-order chi connectivity index (χ1) is 14.5. The number of anilines is 1. The SMILES string of the molecule is COc1ccc(-n2cccc2C=C2C(=O)NC(=O)N(c3ccc(C)cc3)C2=O)cc1. The third-order valence-electron chi connectivity index (χ3n) is 4.82. The average molecular weight is 401 g/mol. The number of ether oxygens (including phenoxy) is 1. The molecule has 2 heterocycles. The van der Waals surface area contributed by atoms with Gasteiger partial charge in [-0.1, -0.05) is 17.7 Å². The molecule has 1 aliphatic heterocycles. The van der Waals surface area contributed by atoms with Crippen molar-refractivity contribution in [3.05, 3.63) is 83.7 Å². The maximum atomic E-state index is 13.0. The molecule has 1 saturated heterocycles. The Bertz CT molecular complexity index is 1160. The van der Waals surface area contributed by atoms with Gasteiger partial charge in [-0.2, -0.15) is 0 Å². The first kappa shape index (κ1) is 19.2. The molecule has 2 aromatic carbocycles. The Morgan fingerprint density at radius 1 is 0.900 bits per heavy atom. The molecule has 0 saturated carbocycles. The lowest BCUT2D eigenvalue weighted by Gasteiger charge is -2.26. The van der Waals surface area contributed by atoms with Gasteiger partial charge in [0.2, 0.25) is 0 Å². The van der Waals surface area contributed by atoms with Gasteiger partial charge < -0.3 is 9.30 Å². The molecule has 1 aromatic heterocycles. The van der Waals surface area contributed by atoms with Gasteiger partial charge in [-0.25, -0.2) is 9.69 Å². The maximum Gasteiger partial charge on any atom is 0.335 e. The number of barbiturate groups is 1. The summed E-state index contributed by atoms with van der Waals surface area (Å²) in [6.45, 7) is 1.91. The first-order valence-electron chi connectivity index (χ1n) is 9.28. The van der Waals surface area contributed by atoms with Gasteiger partial charge in [0.05, 0.1) is 12.8 Å². The molecule has 1 aliphatic rings. The van der Waals surface area contributed by atoms with Crippen LogP contribution in [-0.4, -0.2) is 29.5 Å². The summed E-state index contributed by atoms with van der Waals surface area (Å²) in [6.07, 6.45) is 3.30. The van der Waals surface area contributed by atoms with Crippen molar-refractivity contribution >= 4 is 29.6 Å². The van der Waals surface area contributed by atoms with Gasteiger partial charge in [0.15, 0.2) is 0 Å². The number of aromatic nitrogens is 1. The minimum Gasteiger partial charge on any atom is -0.497 e. The van der Waals surface area contributed by atoms with E-state index in [9.17, 15) is 14.4 Å². The highest BCUT2D eigenvalue weighted by molar-refractivity contribution is 6.39. The summed E-state index contributed by atoms with van der Waals surface area (Å²) in [6, 6.07) is 17.1. The molecular formula is C23H19N3O4. The number of nitrogens with one attached hydrogen (secondary N) is 1. The normalized spacial score (nSPS) is 15.5. The second-order valence-corrected chi connectivity index (χ2v) is 6.79. The summed E-state index contributed by atoms with van der Waals surface area (Å²) in [5.74, 6) is -0.675. The van der Waals surface area contributed by atoms with Crippen LogP contribution < -0.4 is 15.0 Å². The van der Waals surface area contributed by atoms with E-state index in [1.165, 1.54) is 6.08 Å². The molecule has 4 rings (SSSR count). The average Bonchev–Trinajstić information content (AvgIpc) is 3.20. The third kappa shape index (κ3) is 3.48. The van der Waals surface area contributed by atoms with Gasteiger partial charge in [-0.3, -0.25) is 14.9 Å². The van der Waals surface area contributed by atoms with Crippen LogP contribution in [0, 0.1) is 6.92 Å². The second-order valence-electron chi connectivity index (χ2n) is 6.79. The fourth-order valence-electron chi connectivity index (χ4n) is 3.22. The summed E-state index contributed by atoms with van der Waals surface area (Å²) < 4.78 is 7.01. The summed E-state index contributed by atoms with van der Waals surface area (Å²) in [7, 11) is 1.59. The molecule has 0 aliphatic carbocycles. The van der Waals surface area contributed by atoms with E-state index in [2.05, 4.69) is 5.32 Å². The lowest BCUT2D eigenvalue weighted by molar-refractivity contribution is -0.122. The van der Waals surface area contributed by atoms with Gasteiger partial charge in [-0.15, -0.1) is 0 Å². The molecule has 7 heteroatoms. The van der Waals surface area contributed by atoms with Crippen molar-refractivity contribution in [2.75, 3.05) is 12.0 Å². The van der Waals surface area contributed by atoms with E-state index in [0.29, 0.717) is 11.4 Å². The Morgan fingerprint density at radius 3 is 2.23 bits per heavy atom. The largest absolute Gasteiger partial charge is 0.497 e. The Hall–Kier alpha value is -4.13. The lowest BCUT2D eigenvalue weighted by atomic mass is 10.1. The number of carbonyl (C=O) groups is 3. The molecule has 0 unspecified atom stereocenters. The lowest BCUT2D eigenvalue weighted by Crippen LogP contribution is -2.54. The fraction of sp³-hybridized carbons (Fsp3) is 0.0870. The first-order valence-corrected chi connectivity index (χ1v) is 9.28. The van der Waals surface area contributed by atoms with Gasteiger partial charge in [-0.05, 0) is 61.5 Å². The molecule has 0 spiro atoms. The monoisotopic (exact) mass is 401 g/mol. The van der Waals surface area contributed by atoms with Crippen molar-refractivity contribution in [3.63, 3.8) is 0 Å². The number of hydrogen-bond acceptors (Lipinski definition) is 4. The predicted molar refractivity (Wildman–Crippen MR) is 113 cm³/mol. The molecule has 1 N–H and O–H groups in total. The van der Waals surface area contributed by atoms with Crippen molar-refractivity contribution in [2.45, 2.75) is 6.92 Å². The van der Waals surface area contributed by atoms with E-state index >= 15 is 0 Å². The minimum absolute atomic E-state index is 0.122. The summed E-state index contributed by atoms with van der Waals surface area (Å²) in [5.41, 5.74) is 2.73. The number of aryl methyl sites for hydroxylation is 1. The molecule has 0 atom stereocenters. The molecule has 3 aromatic rings. The highest BCUT2D eigenvalue weighted by Gasteiger charge is 2.36. The zero-order valence-corrected chi connectivity index (χ0v) is 16.5. The predicted octanol–water partition coefficient (Wildman–Crippen LogP) is 3.46. The van der Waals surface area contributed by atoms with Crippen molar-refractivity contribution in [1.29, 1.82) is 0 Å². The molecule has 7 nitrogen and oxygen atoms in total. The Labute approximate surface area is 173 Å². The van der Waals surface area contributed by atoms with Gasteiger partial charge in [0.1, 0.15) is 11.3 Å². The molecule has 4 amide bonds. The molecule has 30 heavy (non-hydrogen) atoms. The van der Waals surface area contributed by atoms with Crippen LogP contribution in [0.25, 0.3) is 11.8 Å². The van der Waals surface area contributed by atoms with E-state index in [4.69, 9.17) is 4.74 Å². The van der Waals surface area contributed by atoms with Crippen LogP contribution in [0.3, 0.4) is 0 Å². The summed E-state index contributed by atoms with van der Waals surface area (Å²) in [4.78, 5) is 38.8. The maximum absolute atomic E-state index is 13.0. The van der Waals surface area contributed by atoms with Gasteiger partial charge in [0, 0.05) is 17.6 Å². The fourth-order valence-corrected chi connectivity index (χ4v) is 3.22. The van der Waals surface area contributed by atoms with Crippen molar-refractivity contribution in [2.24, 2.45) is 0 Å². The van der Waals surface area contributed by atoms with Crippen molar-refractivity contribution in [3.8, 4) is 11.4 Å². The summed E-state index contributed by atoms with van der Waals surface area (Å²) in [5, 5.41) is 2.24. The van der Waals surface area contributed by atoms with Crippen molar-refractivity contribution in [1.82, 2.24) is 9.88 Å². The number of amides is 4. The van der Waals surface area contributed by atoms with E-state index in [0.717, 1.165) is 21.9 Å². The number of carbonyl (C=O) groups excluding carboxylic acids is 3. The van der Waals surface area contributed by atoms with E-state index in [-0.39, 0.29) is 5.57 Å². The number of methoxy groups -OCH3 is 1. The highest BCUT2D eigenvalue weighted by Crippen LogP contribution is 2.24. The van der Waals surface area contributed by atoms with Crippen LogP contribution in [0.4, 0.5) is 10.5 Å². The van der Waals surface area contributed by atoms with E-state index in [1.54, 1.807) is 37.4 Å². The third-order valence-corrected chi connectivity index (χ3v) is 4.82. The molecular weight excluding hydrogens is 382 g/mol. The smallest absolute Gasteiger partial charge is 0.335 e. The van der Waals surface area contributed by atoms with Crippen LogP contribution in [0.1, 0.15) is 11.3 Å². The molecule has 150 valence electrons. The Balaban J connectivity index is 1.71. The molecule has 0 radical (unpaired) electrons. The number of rotatable bonds is 4. The van der Waals surface area contributed by atoms with Crippen LogP contribution in [0.5, 0.6) is 5.75 Å². The summed E-state index contributed by atoms with van der Waals surface area (Å²) >= 11 is 0. The zero-order chi connectivity index (χ0) is 21.3. The number of nitrogens with zero attached hydrogens (tertiary/aromatic N) is 2. The van der Waals surface area contributed by atoms with Crippen molar-refractivity contribution < 1.29 is 19.1 Å². The minimum atomic E-state index is -0.767.